The summed E-state index contributed by atoms with van der Waals surface area (Å²) in [5.41, 5.74) is 7.92. The summed E-state index contributed by atoms with van der Waals surface area (Å²) in [6.07, 6.45) is 0. The van der Waals surface area contributed by atoms with Gasteiger partial charge in [0.25, 0.3) is 0 Å². The third-order valence-corrected chi connectivity index (χ3v) is 2.88. The maximum Gasteiger partial charge on any atom is 0.237 e. The second-order valence-electron chi connectivity index (χ2n) is 4.84. The summed E-state index contributed by atoms with van der Waals surface area (Å²) in [4.78, 5) is 11.5. The van der Waals surface area contributed by atoms with E-state index < -0.39 is 6.04 Å². The molecule has 0 saturated heterocycles. The van der Waals surface area contributed by atoms with Crippen LogP contribution in [0.5, 0.6) is 0 Å². The second-order valence-corrected chi connectivity index (χ2v) is 4.84. The molecule has 3 heteroatoms. The van der Waals surface area contributed by atoms with Crippen molar-refractivity contribution in [2.75, 3.05) is 0 Å². The van der Waals surface area contributed by atoms with E-state index in [2.05, 4.69) is 43.4 Å². The minimum Gasteiger partial charge on any atom is -0.348 e. The Morgan fingerprint density at radius 3 is 1.94 bits per heavy atom. The van der Waals surface area contributed by atoms with E-state index in [9.17, 15) is 4.79 Å². The van der Waals surface area contributed by atoms with E-state index in [0.717, 1.165) is 5.56 Å². The lowest BCUT2D eigenvalue weighted by molar-refractivity contribution is -0.122. The number of benzene rings is 1. The first-order valence-corrected chi connectivity index (χ1v) is 6.07. The molecule has 1 aromatic carbocycles. The third-order valence-electron chi connectivity index (χ3n) is 2.88. The van der Waals surface area contributed by atoms with Gasteiger partial charge in [0, 0.05) is 0 Å². The zero-order valence-corrected chi connectivity index (χ0v) is 11.0. The number of amides is 1. The van der Waals surface area contributed by atoms with Gasteiger partial charge in [-0.1, -0.05) is 38.1 Å². The molecule has 94 valence electrons. The maximum absolute atomic E-state index is 11.5. The summed E-state index contributed by atoms with van der Waals surface area (Å²) >= 11 is 0. The fourth-order valence-electron chi connectivity index (χ4n) is 1.60. The lowest BCUT2D eigenvalue weighted by atomic mass is 9.99. The molecule has 0 aliphatic rings. The van der Waals surface area contributed by atoms with Gasteiger partial charge in [-0.15, -0.1) is 0 Å². The molecule has 1 aromatic rings. The Morgan fingerprint density at radius 1 is 1.06 bits per heavy atom. The average molecular weight is 234 g/mol. The highest BCUT2D eigenvalue weighted by molar-refractivity contribution is 5.81. The van der Waals surface area contributed by atoms with E-state index in [1.165, 1.54) is 5.56 Å². The number of carbonyl (C=O) groups excluding carboxylic acids is 1. The maximum atomic E-state index is 11.5. The van der Waals surface area contributed by atoms with Crippen molar-refractivity contribution in [3.05, 3.63) is 35.4 Å². The summed E-state index contributed by atoms with van der Waals surface area (Å²) in [6, 6.07) is 7.86. The summed E-state index contributed by atoms with van der Waals surface area (Å²) in [7, 11) is 0. The summed E-state index contributed by atoms with van der Waals surface area (Å²) < 4.78 is 0. The van der Waals surface area contributed by atoms with Crippen LogP contribution in [0.2, 0.25) is 0 Å². The number of nitrogens with one attached hydrogen (secondary N) is 1. The zero-order chi connectivity index (χ0) is 13.0. The first-order chi connectivity index (χ1) is 7.91. The number of rotatable bonds is 4. The predicted molar refractivity (Wildman–Crippen MR) is 70.7 cm³/mol. The van der Waals surface area contributed by atoms with Crippen molar-refractivity contribution in [1.29, 1.82) is 0 Å². The van der Waals surface area contributed by atoms with Gasteiger partial charge in [-0.25, -0.2) is 0 Å². The first-order valence-electron chi connectivity index (χ1n) is 6.07. The molecule has 0 radical (unpaired) electrons. The molecule has 0 saturated carbocycles. The molecule has 1 amide bonds. The fraction of sp³-hybridized carbons (Fsp3) is 0.500. The van der Waals surface area contributed by atoms with Crippen LogP contribution in [0.25, 0.3) is 0 Å². The van der Waals surface area contributed by atoms with Gasteiger partial charge in [0.15, 0.2) is 0 Å². The molecule has 0 heterocycles. The highest BCUT2D eigenvalue weighted by Gasteiger charge is 2.12. The molecule has 2 atom stereocenters. The van der Waals surface area contributed by atoms with Crippen molar-refractivity contribution >= 4 is 5.91 Å². The van der Waals surface area contributed by atoms with Crippen LogP contribution < -0.4 is 11.1 Å². The highest BCUT2D eigenvalue weighted by Crippen LogP contribution is 2.18. The molecule has 0 bridgehead atoms. The molecule has 0 aliphatic heterocycles. The normalized spacial score (nSPS) is 14.5. The van der Waals surface area contributed by atoms with Crippen LogP contribution in [0, 0.1) is 0 Å². The topological polar surface area (TPSA) is 55.1 Å². The van der Waals surface area contributed by atoms with Gasteiger partial charge in [-0.05, 0) is 30.9 Å². The second kappa shape index (κ2) is 5.82. The molecule has 0 aliphatic carbocycles. The van der Waals surface area contributed by atoms with Gasteiger partial charge in [-0.3, -0.25) is 4.79 Å². The largest absolute Gasteiger partial charge is 0.348 e. The third kappa shape index (κ3) is 3.86. The number of nitrogens with two attached hydrogens (primary N) is 1. The smallest absolute Gasteiger partial charge is 0.237 e. The molecule has 3 nitrogen and oxygen atoms in total. The van der Waals surface area contributed by atoms with Gasteiger partial charge in [0.1, 0.15) is 0 Å². The molecular formula is C14H22N2O. The van der Waals surface area contributed by atoms with Crippen LogP contribution in [0.4, 0.5) is 0 Å². The molecule has 3 N–H and O–H groups in total. The fourth-order valence-corrected chi connectivity index (χ4v) is 1.60. The van der Waals surface area contributed by atoms with Crippen LogP contribution in [-0.2, 0) is 4.79 Å². The molecular weight excluding hydrogens is 212 g/mol. The van der Waals surface area contributed by atoms with Crippen molar-refractivity contribution in [3.63, 3.8) is 0 Å². The van der Waals surface area contributed by atoms with E-state index in [0.29, 0.717) is 5.92 Å². The Balaban J connectivity index is 2.70. The first kappa shape index (κ1) is 13.7. The summed E-state index contributed by atoms with van der Waals surface area (Å²) in [5.74, 6) is 0.406. The molecule has 1 unspecified atom stereocenters. The van der Waals surface area contributed by atoms with Crippen LogP contribution in [0.3, 0.4) is 0 Å². The van der Waals surface area contributed by atoms with Crippen molar-refractivity contribution in [2.45, 2.75) is 45.7 Å². The lowest BCUT2D eigenvalue weighted by Gasteiger charge is -2.16. The van der Waals surface area contributed by atoms with E-state index in [1.807, 2.05) is 6.92 Å². The van der Waals surface area contributed by atoms with Crippen LogP contribution in [0.15, 0.2) is 24.3 Å². The van der Waals surface area contributed by atoms with Gasteiger partial charge in [0.05, 0.1) is 12.1 Å². The molecule has 17 heavy (non-hydrogen) atoms. The van der Waals surface area contributed by atoms with Gasteiger partial charge >= 0.3 is 0 Å². The van der Waals surface area contributed by atoms with Crippen molar-refractivity contribution in [3.8, 4) is 0 Å². The summed E-state index contributed by atoms with van der Waals surface area (Å²) in [5, 5.41) is 2.88. The SMILES string of the molecule is CC(C)c1ccc(C(C)NC(=O)[C@H](C)N)cc1. The van der Waals surface area contributed by atoms with E-state index >= 15 is 0 Å². The van der Waals surface area contributed by atoms with Crippen molar-refractivity contribution in [2.24, 2.45) is 5.73 Å². The Bertz CT molecular complexity index is 368. The standard InChI is InChI=1S/C14H22N2O/c1-9(2)12-5-7-13(8-6-12)11(4)16-14(17)10(3)15/h5-11H,15H2,1-4H3,(H,16,17)/t10-,11?/m0/s1. The number of hydrogen-bond donors (Lipinski definition) is 2. The Labute approximate surface area is 103 Å². The molecule has 0 aromatic heterocycles. The summed E-state index contributed by atoms with van der Waals surface area (Å²) in [6.45, 7) is 7.97. The van der Waals surface area contributed by atoms with Crippen LogP contribution >= 0.6 is 0 Å². The highest BCUT2D eigenvalue weighted by atomic mass is 16.2. The quantitative estimate of drug-likeness (QED) is 0.840. The van der Waals surface area contributed by atoms with Gasteiger partial charge in [-0.2, -0.15) is 0 Å². The Hall–Kier alpha value is -1.35. The zero-order valence-electron chi connectivity index (χ0n) is 11.0. The Kier molecular flexibility index (Phi) is 4.70. The van der Waals surface area contributed by atoms with E-state index in [4.69, 9.17) is 5.73 Å². The monoisotopic (exact) mass is 234 g/mol. The van der Waals surface area contributed by atoms with Crippen LogP contribution in [-0.4, -0.2) is 11.9 Å². The molecule has 0 spiro atoms. The van der Waals surface area contributed by atoms with E-state index in [-0.39, 0.29) is 11.9 Å². The van der Waals surface area contributed by atoms with Crippen molar-refractivity contribution < 1.29 is 4.79 Å². The minimum atomic E-state index is -0.465. The average Bonchev–Trinajstić information content (AvgIpc) is 2.28. The predicted octanol–water partition coefficient (Wildman–Crippen LogP) is 2.33. The molecule has 0 fully saturated rings. The van der Waals surface area contributed by atoms with Gasteiger partial charge < -0.3 is 11.1 Å². The Morgan fingerprint density at radius 2 is 1.53 bits per heavy atom. The van der Waals surface area contributed by atoms with Gasteiger partial charge in [0.2, 0.25) is 5.91 Å². The molecule has 1 rings (SSSR count). The number of hydrogen-bond acceptors (Lipinski definition) is 2. The van der Waals surface area contributed by atoms with Crippen molar-refractivity contribution in [1.82, 2.24) is 5.32 Å². The van der Waals surface area contributed by atoms with Crippen LogP contribution in [0.1, 0.15) is 50.8 Å². The number of carbonyl (C=O) groups is 1. The van der Waals surface area contributed by atoms with E-state index in [1.54, 1.807) is 6.92 Å². The lowest BCUT2D eigenvalue weighted by Crippen LogP contribution is -2.39. The minimum absolute atomic E-state index is 0.00490.